The van der Waals surface area contributed by atoms with E-state index in [4.69, 9.17) is 23.9 Å². The first kappa shape index (κ1) is 34.0. The number of benzene rings is 2. The molecule has 1 fully saturated rings. The summed E-state index contributed by atoms with van der Waals surface area (Å²) in [6.07, 6.45) is 3.72. The van der Waals surface area contributed by atoms with Gasteiger partial charge in [0.15, 0.2) is 11.5 Å². The highest BCUT2D eigenvalue weighted by Crippen LogP contribution is 2.41. The molecule has 11 heteroatoms. The molecule has 0 spiro atoms. The summed E-state index contributed by atoms with van der Waals surface area (Å²) in [6.45, 7) is 11.1. The number of imidazole rings is 1. The number of aromatic nitrogens is 3. The Labute approximate surface area is 277 Å². The summed E-state index contributed by atoms with van der Waals surface area (Å²) in [7, 11) is 4.66. The maximum absolute atomic E-state index is 13.5. The third-order valence-electron chi connectivity index (χ3n) is 8.90. The number of pyridine rings is 1. The molecular weight excluding hydrogens is 596 g/mol. The average Bonchev–Trinajstić information content (AvgIpc) is 3.30. The summed E-state index contributed by atoms with van der Waals surface area (Å²) in [5, 5.41) is 3.17. The number of rotatable bonds is 15. The quantitative estimate of drug-likeness (QED) is 0.181. The summed E-state index contributed by atoms with van der Waals surface area (Å²) in [5.74, 6) is 2.27. The van der Waals surface area contributed by atoms with E-state index in [-0.39, 0.29) is 11.8 Å². The van der Waals surface area contributed by atoms with Gasteiger partial charge in [0.05, 0.1) is 39.0 Å². The van der Waals surface area contributed by atoms with Crippen LogP contribution in [0.15, 0.2) is 54.7 Å². The van der Waals surface area contributed by atoms with Crippen LogP contribution in [0.1, 0.15) is 47.3 Å². The van der Waals surface area contributed by atoms with Crippen molar-refractivity contribution in [2.24, 2.45) is 0 Å². The van der Waals surface area contributed by atoms with E-state index in [1.165, 1.54) is 0 Å². The van der Waals surface area contributed by atoms with E-state index >= 15 is 0 Å². The van der Waals surface area contributed by atoms with Gasteiger partial charge in [-0.05, 0) is 70.1 Å². The molecule has 2 aromatic heterocycles. The van der Waals surface area contributed by atoms with Crippen molar-refractivity contribution in [3.05, 3.63) is 71.5 Å². The van der Waals surface area contributed by atoms with Crippen LogP contribution in [0.3, 0.4) is 0 Å². The van der Waals surface area contributed by atoms with Gasteiger partial charge >= 0.3 is 0 Å². The lowest BCUT2D eigenvalue weighted by molar-refractivity contribution is 0.0948. The van der Waals surface area contributed by atoms with E-state index in [1.54, 1.807) is 27.4 Å². The molecule has 3 heterocycles. The molecule has 0 bridgehead atoms. The van der Waals surface area contributed by atoms with Gasteiger partial charge in [0.1, 0.15) is 0 Å². The molecule has 1 N–H and O–H groups in total. The summed E-state index contributed by atoms with van der Waals surface area (Å²) in [6, 6.07) is 16.0. The van der Waals surface area contributed by atoms with E-state index in [0.29, 0.717) is 48.1 Å². The third kappa shape index (κ3) is 7.97. The maximum Gasteiger partial charge on any atom is 0.251 e. The van der Waals surface area contributed by atoms with E-state index in [1.807, 2.05) is 44.3 Å². The number of anilines is 1. The van der Waals surface area contributed by atoms with Crippen molar-refractivity contribution in [3.8, 4) is 17.2 Å². The second kappa shape index (κ2) is 16.5. The second-order valence-corrected chi connectivity index (χ2v) is 11.7. The lowest BCUT2D eigenvalue weighted by atomic mass is 9.99. The van der Waals surface area contributed by atoms with Gasteiger partial charge in [-0.3, -0.25) is 9.78 Å². The molecule has 5 rings (SSSR count). The van der Waals surface area contributed by atoms with Crippen LogP contribution in [0.5, 0.6) is 17.2 Å². The number of carbonyl (C=O) groups excluding carboxylic acids is 1. The Morgan fingerprint density at radius 2 is 1.77 bits per heavy atom. The fraction of sp³-hybridized carbons (Fsp3) is 0.472. The molecule has 1 unspecified atom stereocenters. The summed E-state index contributed by atoms with van der Waals surface area (Å²) < 4.78 is 24.6. The molecule has 2 aromatic carbocycles. The Kier molecular flexibility index (Phi) is 11.9. The molecule has 1 aliphatic rings. The van der Waals surface area contributed by atoms with Gasteiger partial charge in [-0.25, -0.2) is 4.98 Å². The third-order valence-corrected chi connectivity index (χ3v) is 8.90. The Morgan fingerprint density at radius 1 is 0.957 bits per heavy atom. The van der Waals surface area contributed by atoms with Gasteiger partial charge in [0.2, 0.25) is 11.7 Å². The van der Waals surface area contributed by atoms with E-state index in [0.717, 1.165) is 74.8 Å². The van der Waals surface area contributed by atoms with Crippen LogP contribution in [0.4, 0.5) is 5.95 Å². The monoisotopic (exact) mass is 644 g/mol. The number of methoxy groups -OCH3 is 3. The van der Waals surface area contributed by atoms with Crippen molar-refractivity contribution < 1.29 is 23.7 Å². The average molecular weight is 645 g/mol. The van der Waals surface area contributed by atoms with Crippen LogP contribution < -0.4 is 24.4 Å². The number of fused-ring (bicyclic) bond motifs is 1. The fourth-order valence-corrected chi connectivity index (χ4v) is 6.38. The van der Waals surface area contributed by atoms with Crippen LogP contribution in [0, 0.1) is 6.92 Å². The highest BCUT2D eigenvalue weighted by Gasteiger charge is 2.25. The van der Waals surface area contributed by atoms with E-state index in [9.17, 15) is 4.79 Å². The van der Waals surface area contributed by atoms with Gasteiger partial charge < -0.3 is 38.6 Å². The molecule has 1 aliphatic heterocycles. The van der Waals surface area contributed by atoms with Crippen molar-refractivity contribution in [3.63, 3.8) is 0 Å². The second-order valence-electron chi connectivity index (χ2n) is 11.7. The predicted molar refractivity (Wildman–Crippen MR) is 184 cm³/mol. The van der Waals surface area contributed by atoms with Crippen molar-refractivity contribution in [2.75, 3.05) is 78.7 Å². The number of amides is 1. The number of hydrogen-bond acceptors (Lipinski definition) is 9. The van der Waals surface area contributed by atoms with Crippen molar-refractivity contribution in [1.82, 2.24) is 24.8 Å². The van der Waals surface area contributed by atoms with Gasteiger partial charge in [-0.15, -0.1) is 0 Å². The van der Waals surface area contributed by atoms with Gasteiger partial charge in [0.25, 0.3) is 5.91 Å². The number of para-hydroxylation sites is 2. The lowest BCUT2D eigenvalue weighted by Crippen LogP contribution is -2.35. The Hall–Kier alpha value is -4.35. The number of ether oxygens (including phenoxy) is 4. The largest absolute Gasteiger partial charge is 0.493 e. The van der Waals surface area contributed by atoms with E-state index < -0.39 is 0 Å². The molecule has 1 saturated heterocycles. The minimum Gasteiger partial charge on any atom is -0.493 e. The first-order valence-corrected chi connectivity index (χ1v) is 16.5. The smallest absolute Gasteiger partial charge is 0.251 e. The molecule has 4 aromatic rings. The zero-order valence-electron chi connectivity index (χ0n) is 28.3. The van der Waals surface area contributed by atoms with Gasteiger partial charge in [-0.1, -0.05) is 18.2 Å². The van der Waals surface area contributed by atoms with Crippen molar-refractivity contribution >= 4 is 22.9 Å². The normalized spacial score (nSPS) is 14.5. The molecular formula is C36H48N6O5. The number of hydrogen-bond donors (Lipinski definition) is 1. The van der Waals surface area contributed by atoms with Crippen LogP contribution in [0.25, 0.3) is 11.0 Å². The van der Waals surface area contributed by atoms with Crippen LogP contribution in [-0.2, 0) is 11.3 Å². The van der Waals surface area contributed by atoms with E-state index in [2.05, 4.69) is 42.9 Å². The molecule has 0 radical (unpaired) electrons. The highest BCUT2D eigenvalue weighted by atomic mass is 16.5. The molecule has 1 amide bonds. The van der Waals surface area contributed by atoms with Gasteiger partial charge in [-0.2, -0.15) is 0 Å². The zero-order chi connectivity index (χ0) is 33.2. The SMILES string of the molecule is CCOCCn1c(N2CCCN(CCC(CNC(=O)c3cc(OC)c(OC)c(OC)c3C)c3ccccn3)CC2)nc2ccccc21. The topological polar surface area (TPSA) is 103 Å². The summed E-state index contributed by atoms with van der Waals surface area (Å²) in [4.78, 5) is 28.2. The minimum absolute atomic E-state index is 0.0459. The number of nitrogens with one attached hydrogen (secondary N) is 1. The maximum atomic E-state index is 13.5. The molecule has 47 heavy (non-hydrogen) atoms. The lowest BCUT2D eigenvalue weighted by Gasteiger charge is -2.25. The fourth-order valence-electron chi connectivity index (χ4n) is 6.38. The van der Waals surface area contributed by atoms with Gasteiger partial charge in [0, 0.05) is 68.3 Å². The Bertz CT molecular complexity index is 1610. The Balaban J connectivity index is 1.25. The predicted octanol–water partition coefficient (Wildman–Crippen LogP) is 4.92. The van der Waals surface area contributed by atoms with Crippen LogP contribution >= 0.6 is 0 Å². The molecule has 0 aliphatic carbocycles. The molecule has 0 saturated carbocycles. The van der Waals surface area contributed by atoms with Crippen LogP contribution in [0.2, 0.25) is 0 Å². The summed E-state index contributed by atoms with van der Waals surface area (Å²) in [5.41, 5.74) is 4.30. The molecule has 252 valence electrons. The molecule has 1 atom stereocenters. The van der Waals surface area contributed by atoms with Crippen molar-refractivity contribution in [1.29, 1.82) is 0 Å². The van der Waals surface area contributed by atoms with Crippen LogP contribution in [-0.4, -0.2) is 99.2 Å². The first-order chi connectivity index (χ1) is 23.0. The Morgan fingerprint density at radius 3 is 2.51 bits per heavy atom. The van der Waals surface area contributed by atoms with Crippen molar-refractivity contribution in [2.45, 2.75) is 39.2 Å². The highest BCUT2D eigenvalue weighted by molar-refractivity contribution is 5.97. The summed E-state index contributed by atoms with van der Waals surface area (Å²) >= 11 is 0. The zero-order valence-corrected chi connectivity index (χ0v) is 28.3. The first-order valence-electron chi connectivity index (χ1n) is 16.5. The number of carbonyl (C=O) groups is 1. The standard InChI is InChI=1S/C36H48N6O5/c1-6-47-23-22-42-31-14-8-7-13-30(31)39-36(42)41-18-11-17-40(20-21-41)19-15-27(29-12-9-10-16-37-29)25-38-35(43)28-24-32(44-3)34(46-5)33(45-4)26(28)2/h7-10,12-14,16,24,27H,6,11,15,17-23,25H2,1-5H3,(H,38,43). The number of nitrogens with zero attached hydrogens (tertiary/aromatic N) is 5. The minimum atomic E-state index is -0.194. The molecule has 11 nitrogen and oxygen atoms in total.